The average molecular weight is 1590 g/mol. The smallest absolute Gasteiger partial charge is 0.328 e. The van der Waals surface area contributed by atoms with Crippen molar-refractivity contribution in [1.29, 1.82) is 5.41 Å². The molecule has 0 fully saturated rings. The second kappa shape index (κ2) is 48.2. The number of amides is 12. The van der Waals surface area contributed by atoms with Crippen molar-refractivity contribution in [2.75, 3.05) is 32.8 Å². The van der Waals surface area contributed by atoms with Gasteiger partial charge in [0, 0.05) is 49.1 Å². The van der Waals surface area contributed by atoms with Crippen LogP contribution in [0.15, 0.2) is 67.3 Å². The number of para-hydroxylation sites is 1. The number of aromatic amines is 2. The minimum absolute atomic E-state index is 0.0169. The van der Waals surface area contributed by atoms with Gasteiger partial charge in [-0.3, -0.25) is 62.9 Å². The summed E-state index contributed by atoms with van der Waals surface area (Å²) in [7, 11) is 0. The van der Waals surface area contributed by atoms with Gasteiger partial charge in [-0.25, -0.2) is 9.78 Å². The molecule has 0 aliphatic carbocycles. The minimum atomic E-state index is -1.73. The molecule has 2 aromatic heterocycles. The lowest BCUT2D eigenvalue weighted by Gasteiger charge is -2.30. The lowest BCUT2D eigenvalue weighted by atomic mass is 9.96. The van der Waals surface area contributed by atoms with Gasteiger partial charge in [0.1, 0.15) is 78.3 Å². The Morgan fingerprint density at radius 1 is 0.478 bits per heavy atom. The van der Waals surface area contributed by atoms with E-state index in [0.29, 0.717) is 41.3 Å². The Bertz CT molecular complexity index is 3780. The molecule has 4 aromatic rings. The number of carboxylic acid groups (broad SMARTS) is 1. The number of phenols is 1. The fourth-order valence-electron chi connectivity index (χ4n) is 11.9. The zero-order chi connectivity index (χ0) is 84.2. The van der Waals surface area contributed by atoms with Crippen LogP contribution in [0, 0.1) is 29.1 Å². The average Bonchev–Trinajstić information content (AvgIpc) is 1.77. The first-order chi connectivity index (χ1) is 53.6. The van der Waals surface area contributed by atoms with Gasteiger partial charge in [-0.2, -0.15) is 0 Å². The summed E-state index contributed by atoms with van der Waals surface area (Å²) in [6, 6.07) is -5.90. The van der Waals surface area contributed by atoms with Crippen molar-refractivity contribution in [2.45, 2.75) is 224 Å². The third-order valence-corrected chi connectivity index (χ3v) is 19.3. The molecule has 0 aliphatic heterocycles. The van der Waals surface area contributed by atoms with E-state index < -0.39 is 192 Å². The number of H-pyrrole nitrogens is 2. The van der Waals surface area contributed by atoms with E-state index in [0.717, 1.165) is 0 Å². The van der Waals surface area contributed by atoms with E-state index in [1.54, 1.807) is 85.9 Å². The van der Waals surface area contributed by atoms with Crippen molar-refractivity contribution in [3.05, 3.63) is 84.1 Å². The number of aliphatic hydroxyl groups excluding tert-OH is 2. The number of fused-ring (bicyclic) bond motifs is 1. The Morgan fingerprint density at radius 3 is 1.38 bits per heavy atom. The van der Waals surface area contributed by atoms with Gasteiger partial charge in [0.05, 0.1) is 31.3 Å². The molecular formula is C75H119N21O17. The van der Waals surface area contributed by atoms with E-state index in [4.69, 9.17) is 28.3 Å². The van der Waals surface area contributed by atoms with E-state index in [1.165, 1.54) is 43.7 Å². The van der Waals surface area contributed by atoms with E-state index in [2.05, 4.69) is 84.1 Å². The highest BCUT2D eigenvalue weighted by atomic mass is 16.4. The number of carbonyl (C=O) groups excluding carboxylic acids is 12. The Labute approximate surface area is 657 Å². The summed E-state index contributed by atoms with van der Waals surface area (Å²) in [5.74, 6) is -14.7. The van der Waals surface area contributed by atoms with Crippen LogP contribution in [0.1, 0.15) is 143 Å². The monoisotopic (exact) mass is 1590 g/mol. The first kappa shape index (κ1) is 94.5. The summed E-state index contributed by atoms with van der Waals surface area (Å²) in [5, 5.41) is 82.4. The van der Waals surface area contributed by atoms with Crippen LogP contribution in [0.25, 0.3) is 10.9 Å². The summed E-state index contributed by atoms with van der Waals surface area (Å²) in [5.41, 5.74) is 25.3. The van der Waals surface area contributed by atoms with Gasteiger partial charge in [-0.1, -0.05) is 98.6 Å². The number of nitrogens with two attached hydrogens (primary N) is 4. The number of guanidine groups is 1. The first-order valence-corrected chi connectivity index (χ1v) is 38.2. The van der Waals surface area contributed by atoms with Crippen molar-refractivity contribution in [1.82, 2.24) is 84.1 Å². The molecule has 2 aromatic carbocycles. The van der Waals surface area contributed by atoms with Gasteiger partial charge < -0.3 is 122 Å². The van der Waals surface area contributed by atoms with Crippen LogP contribution >= 0.6 is 0 Å². The molecule has 0 bridgehead atoms. The first-order valence-electron chi connectivity index (χ1n) is 38.2. The van der Waals surface area contributed by atoms with Gasteiger partial charge in [0.25, 0.3) is 0 Å². The number of imidazole rings is 1. The molecule has 28 N–H and O–H groups in total. The molecule has 2 heterocycles. The summed E-state index contributed by atoms with van der Waals surface area (Å²) in [4.78, 5) is 194. The number of aromatic hydroxyl groups is 1. The van der Waals surface area contributed by atoms with Gasteiger partial charge in [-0.15, -0.1) is 0 Å². The maximum Gasteiger partial charge on any atom is 0.328 e. The number of aliphatic carboxylic acids is 1. The Morgan fingerprint density at radius 2 is 0.912 bits per heavy atom. The Kier molecular flexibility index (Phi) is 40.3. The normalized spacial score (nSPS) is 15.3. The van der Waals surface area contributed by atoms with Gasteiger partial charge >= 0.3 is 5.97 Å². The molecular weight excluding hydrogens is 1470 g/mol. The van der Waals surface area contributed by atoms with Crippen LogP contribution in [-0.2, 0) is 81.6 Å². The summed E-state index contributed by atoms with van der Waals surface area (Å²) >= 11 is 0. The van der Waals surface area contributed by atoms with Gasteiger partial charge in [0.2, 0.25) is 70.9 Å². The van der Waals surface area contributed by atoms with Gasteiger partial charge in [-0.05, 0) is 124 Å². The summed E-state index contributed by atoms with van der Waals surface area (Å²) in [6.07, 6.45) is 5.18. The maximum absolute atomic E-state index is 15.1. The fourth-order valence-corrected chi connectivity index (χ4v) is 11.9. The van der Waals surface area contributed by atoms with Crippen molar-refractivity contribution >= 4 is 93.7 Å². The number of aromatic nitrogens is 3. The van der Waals surface area contributed by atoms with E-state index in [9.17, 15) is 68.4 Å². The molecule has 4 rings (SSSR count). The molecule has 113 heavy (non-hydrogen) atoms. The topological polar surface area (TPSA) is 632 Å². The largest absolute Gasteiger partial charge is 0.508 e. The third kappa shape index (κ3) is 31.0. The SMILES string of the molecule is CC[C@H](C)[C@H](NC(=O)[C@H](Cc1c[nH]c2ccccc12)NC(=O)[C@H](CCCCN)NC(=O)[C@H](Cc1c[nH]cn1)NC(=O)[C@@H](NC(=O)[C@H](Cc1ccc(O)cc1)NC(=O)[C@H](CCCCN)NC(=O)[C@H](CCCNC(=N)N)NC(=O)[C@H](CO)NC(=O)[C@H](C)NC(=O)[C@@H](NC(=O)[C@@H](N)C(C)C)C(C)C)[C@@H](C)CC)C(=O)N[C@@H](CO)C(=O)O. The van der Waals surface area contributed by atoms with Crippen LogP contribution < -0.4 is 92.1 Å². The van der Waals surface area contributed by atoms with Gasteiger partial charge in [0.15, 0.2) is 5.96 Å². The second-order valence-corrected chi connectivity index (χ2v) is 28.9. The highest BCUT2D eigenvalue weighted by Gasteiger charge is 2.39. The molecule has 0 saturated carbocycles. The minimum Gasteiger partial charge on any atom is -0.508 e. The number of nitrogens with one attached hydrogen (secondary N) is 16. The van der Waals surface area contributed by atoms with E-state index in [1.807, 2.05) is 0 Å². The fraction of sp³-hybridized carbons (Fsp3) is 0.587. The predicted molar refractivity (Wildman–Crippen MR) is 418 cm³/mol. The molecule has 0 radical (unpaired) electrons. The molecule has 38 heteroatoms. The highest BCUT2D eigenvalue weighted by molar-refractivity contribution is 6.00. The van der Waals surface area contributed by atoms with Crippen molar-refractivity contribution in [3.63, 3.8) is 0 Å². The number of phenolic OH excluding ortho intramolecular Hbond substituents is 1. The number of carboxylic acids is 1. The molecule has 0 aliphatic rings. The Hall–Kier alpha value is -10.8. The lowest BCUT2D eigenvalue weighted by Crippen LogP contribution is -2.62. The van der Waals surface area contributed by atoms with Crippen molar-refractivity contribution in [3.8, 4) is 5.75 Å². The van der Waals surface area contributed by atoms with Crippen LogP contribution in [0.5, 0.6) is 5.75 Å². The number of unbranched alkanes of at least 4 members (excludes halogenated alkanes) is 2. The number of hydrogen-bond donors (Lipinski definition) is 24. The number of hydrogen-bond acceptors (Lipinski definition) is 21. The predicted octanol–water partition coefficient (Wildman–Crippen LogP) is -3.22. The van der Waals surface area contributed by atoms with Crippen LogP contribution in [0.4, 0.5) is 0 Å². The lowest BCUT2D eigenvalue weighted by molar-refractivity contribution is -0.143. The molecule has 0 unspecified atom stereocenters. The molecule has 0 saturated heterocycles. The number of rotatable bonds is 51. The second-order valence-electron chi connectivity index (χ2n) is 28.9. The highest BCUT2D eigenvalue weighted by Crippen LogP contribution is 2.22. The molecule has 626 valence electrons. The number of nitrogens with zero attached hydrogens (tertiary/aromatic N) is 1. The summed E-state index contributed by atoms with van der Waals surface area (Å²) in [6.45, 7) is 13.2. The maximum atomic E-state index is 15.1. The molecule has 12 amide bonds. The Balaban J connectivity index is 1.68. The number of carbonyl (C=O) groups is 13. The zero-order valence-corrected chi connectivity index (χ0v) is 65.7. The molecule has 15 atom stereocenters. The standard InChI is InChI=1S/C75H119N21O17/c1-10-41(7)60(72(110)91-55(33-46-35-81-38-84-46)66(104)87-51(22-15-17-29-77)65(103)90-54(32-45-34-83-49-20-13-12-19-48(45)49)68(106)96-61(42(8)11-2)73(111)93-57(37-98)74(112)113)95-67(105)53(31-44-24-26-47(99)27-25-44)89-64(102)50(21-14-16-28-76)86-63(101)52(23-18-30-82-75(79)80)88-69(107)56(36-97)92-62(100)43(9)85-71(109)59(40(5)6)94-70(108)58(78)39(3)4/h12-13,19-20,24-27,34-35,38-43,50-61,83,97-99H,10-11,14-18,21-23,28-33,36-37,76-78H2,1-9H3,(H,81,84)(H,85,109)(H,86,101)(H,87,104)(H,88,107)(H,89,102)(H,90,103)(H,91,110)(H,92,100)(H,93,111)(H,94,108)(H,95,105)(H,96,106)(H,112,113)(H4,79,80,82)/t41-,42-,43-,50-,51-,52-,53-,54-,55-,56-,57-,58-,59-,60-,61-/m0/s1. The van der Waals surface area contributed by atoms with Crippen molar-refractivity contribution < 1.29 is 82.8 Å². The van der Waals surface area contributed by atoms with E-state index in [-0.39, 0.29) is 101 Å². The third-order valence-electron chi connectivity index (χ3n) is 19.3. The van der Waals surface area contributed by atoms with Crippen LogP contribution in [0.2, 0.25) is 0 Å². The van der Waals surface area contributed by atoms with Crippen molar-refractivity contribution in [2.24, 2.45) is 46.6 Å². The summed E-state index contributed by atoms with van der Waals surface area (Å²) < 4.78 is 0. The number of benzene rings is 2. The van der Waals surface area contributed by atoms with Crippen LogP contribution in [-0.4, -0.2) is 230 Å². The molecule has 0 spiro atoms. The zero-order valence-electron chi connectivity index (χ0n) is 65.7. The number of aliphatic hydroxyl groups is 2. The van der Waals surface area contributed by atoms with E-state index >= 15 is 14.4 Å². The quantitative estimate of drug-likeness (QED) is 0.0117. The van der Waals surface area contributed by atoms with Crippen LogP contribution in [0.3, 0.4) is 0 Å². The molecule has 38 nitrogen and oxygen atoms in total.